The Kier molecular flexibility index (Phi) is 6.57. The molecule has 6 heteroatoms. The number of halogens is 1. The summed E-state index contributed by atoms with van der Waals surface area (Å²) >= 11 is 3.51. The number of rotatable bonds is 4. The molecule has 3 rings (SSSR count). The van der Waals surface area contributed by atoms with E-state index in [-0.39, 0.29) is 11.8 Å². The van der Waals surface area contributed by atoms with Crippen molar-refractivity contribution in [1.29, 1.82) is 0 Å². The molecular weight excluding hydrogens is 396 g/mol. The highest BCUT2D eigenvalue weighted by molar-refractivity contribution is 9.10. The number of anilines is 1. The van der Waals surface area contributed by atoms with E-state index >= 15 is 0 Å². The Labute approximate surface area is 163 Å². The summed E-state index contributed by atoms with van der Waals surface area (Å²) in [5.41, 5.74) is 0.940. The zero-order valence-electron chi connectivity index (χ0n) is 15.1. The maximum absolute atomic E-state index is 13.3. The number of nitrogens with zero attached hydrogens (tertiary/aromatic N) is 2. The van der Waals surface area contributed by atoms with E-state index in [0.717, 1.165) is 48.7 Å². The average molecular weight is 423 g/mol. The van der Waals surface area contributed by atoms with Gasteiger partial charge in [-0.3, -0.25) is 4.79 Å². The van der Waals surface area contributed by atoms with Crippen molar-refractivity contribution in [1.82, 2.24) is 4.90 Å². The van der Waals surface area contributed by atoms with Gasteiger partial charge in [-0.1, -0.05) is 41.3 Å². The van der Waals surface area contributed by atoms with Crippen LogP contribution in [0.15, 0.2) is 28.7 Å². The van der Waals surface area contributed by atoms with Crippen LogP contribution in [0, 0.1) is 11.8 Å². The highest BCUT2D eigenvalue weighted by Crippen LogP contribution is 2.30. The van der Waals surface area contributed by atoms with Gasteiger partial charge in [0.1, 0.15) is 0 Å². The Morgan fingerprint density at radius 3 is 2.42 bits per heavy atom. The molecule has 1 aromatic carbocycles. The van der Waals surface area contributed by atoms with Gasteiger partial charge >= 0.3 is 6.09 Å². The lowest BCUT2D eigenvalue weighted by Crippen LogP contribution is -2.44. The van der Waals surface area contributed by atoms with Crippen LogP contribution in [0.25, 0.3) is 0 Å². The molecule has 2 fully saturated rings. The van der Waals surface area contributed by atoms with Crippen molar-refractivity contribution in [3.05, 3.63) is 28.7 Å². The van der Waals surface area contributed by atoms with Gasteiger partial charge in [-0.15, -0.1) is 0 Å². The van der Waals surface area contributed by atoms with E-state index in [1.54, 1.807) is 0 Å². The predicted octanol–water partition coefficient (Wildman–Crippen LogP) is 4.75. The molecule has 2 aliphatic rings. The smallest absolute Gasteiger partial charge is 0.407 e. The number of hydrogen-bond donors (Lipinski definition) is 1. The number of piperidine rings is 1. The third kappa shape index (κ3) is 4.78. The van der Waals surface area contributed by atoms with E-state index < -0.39 is 6.09 Å². The third-order valence-electron chi connectivity index (χ3n) is 5.67. The number of benzene rings is 1. The second kappa shape index (κ2) is 8.89. The van der Waals surface area contributed by atoms with E-state index in [1.807, 2.05) is 29.2 Å². The minimum Gasteiger partial charge on any atom is -0.465 e. The molecule has 0 spiro atoms. The molecule has 0 aromatic heterocycles. The summed E-state index contributed by atoms with van der Waals surface area (Å²) in [6.45, 7) is 1.80. The minimum atomic E-state index is -0.842. The van der Waals surface area contributed by atoms with Crippen LogP contribution in [-0.4, -0.2) is 41.6 Å². The first-order chi connectivity index (χ1) is 12.5. The largest absolute Gasteiger partial charge is 0.465 e. The van der Waals surface area contributed by atoms with Gasteiger partial charge in [-0.05, 0) is 49.8 Å². The fourth-order valence-corrected chi connectivity index (χ4v) is 4.49. The van der Waals surface area contributed by atoms with E-state index in [1.165, 1.54) is 11.3 Å². The molecule has 1 saturated heterocycles. The number of amides is 2. The second-order valence-electron chi connectivity index (χ2n) is 7.48. The Hall–Kier alpha value is -1.56. The number of carbonyl (C=O) groups excluding carboxylic acids is 1. The number of carboxylic acid groups (broad SMARTS) is 1. The van der Waals surface area contributed by atoms with Crippen LogP contribution in [0.5, 0.6) is 0 Å². The topological polar surface area (TPSA) is 60.9 Å². The number of likely N-dealkylation sites (tertiary alicyclic amines) is 1. The Bertz CT molecular complexity index is 638. The second-order valence-corrected chi connectivity index (χ2v) is 8.39. The molecule has 1 aliphatic carbocycles. The van der Waals surface area contributed by atoms with Crippen molar-refractivity contribution in [2.24, 2.45) is 11.8 Å². The summed E-state index contributed by atoms with van der Waals surface area (Å²) in [4.78, 5) is 27.8. The first-order valence-electron chi connectivity index (χ1n) is 9.59. The molecular formula is C20H27BrN2O3. The normalized spacial score (nSPS) is 19.3. The summed E-state index contributed by atoms with van der Waals surface area (Å²) in [6.07, 6.45) is 6.27. The molecule has 5 nitrogen and oxygen atoms in total. The molecule has 2 amide bonds. The lowest BCUT2D eigenvalue weighted by Gasteiger charge is -2.35. The maximum atomic E-state index is 13.3. The van der Waals surface area contributed by atoms with Crippen molar-refractivity contribution in [2.75, 3.05) is 24.5 Å². The number of carbonyl (C=O) groups is 2. The highest BCUT2D eigenvalue weighted by atomic mass is 79.9. The van der Waals surface area contributed by atoms with E-state index in [4.69, 9.17) is 5.11 Å². The molecule has 0 unspecified atom stereocenters. The molecule has 1 aromatic rings. The van der Waals surface area contributed by atoms with Crippen molar-refractivity contribution < 1.29 is 14.7 Å². The Morgan fingerprint density at radius 2 is 1.81 bits per heavy atom. The zero-order chi connectivity index (χ0) is 18.5. The van der Waals surface area contributed by atoms with Crippen LogP contribution in [-0.2, 0) is 4.79 Å². The van der Waals surface area contributed by atoms with Gasteiger partial charge in [-0.25, -0.2) is 4.79 Å². The SMILES string of the molecule is O=C(O)N1CCC(CN(C(=O)C2CCCCC2)c2cccc(Br)c2)CC1. The monoisotopic (exact) mass is 422 g/mol. The molecule has 26 heavy (non-hydrogen) atoms. The Morgan fingerprint density at radius 1 is 1.12 bits per heavy atom. The van der Waals surface area contributed by atoms with Gasteiger partial charge in [0.25, 0.3) is 0 Å². The molecule has 1 N–H and O–H groups in total. The fourth-order valence-electron chi connectivity index (χ4n) is 4.10. The third-order valence-corrected chi connectivity index (χ3v) is 6.16. The van der Waals surface area contributed by atoms with Gasteiger partial charge < -0.3 is 14.9 Å². The van der Waals surface area contributed by atoms with E-state index in [2.05, 4.69) is 15.9 Å². The predicted molar refractivity (Wildman–Crippen MR) is 105 cm³/mol. The maximum Gasteiger partial charge on any atom is 0.407 e. The standard InChI is InChI=1S/C20H27BrN2O3/c21-17-7-4-8-18(13-17)23(19(24)16-5-2-1-3-6-16)14-15-9-11-22(12-10-15)20(25)26/h4,7-8,13,15-16H,1-3,5-6,9-12,14H2,(H,25,26). The van der Waals surface area contributed by atoms with Gasteiger partial charge in [0, 0.05) is 35.7 Å². The first-order valence-corrected chi connectivity index (χ1v) is 10.4. The summed E-state index contributed by atoms with van der Waals surface area (Å²) in [5.74, 6) is 0.711. The van der Waals surface area contributed by atoms with Crippen LogP contribution >= 0.6 is 15.9 Å². The van der Waals surface area contributed by atoms with Gasteiger partial charge in [0.2, 0.25) is 5.91 Å². The fraction of sp³-hybridized carbons (Fsp3) is 0.600. The molecule has 0 bridgehead atoms. The zero-order valence-corrected chi connectivity index (χ0v) is 16.7. The van der Waals surface area contributed by atoms with Gasteiger partial charge in [0.05, 0.1) is 0 Å². The molecule has 142 valence electrons. The lowest BCUT2D eigenvalue weighted by molar-refractivity contribution is -0.123. The summed E-state index contributed by atoms with van der Waals surface area (Å²) in [6, 6.07) is 7.94. The minimum absolute atomic E-state index is 0.127. The number of hydrogen-bond acceptors (Lipinski definition) is 2. The van der Waals surface area contributed by atoms with E-state index in [9.17, 15) is 9.59 Å². The lowest BCUT2D eigenvalue weighted by atomic mass is 9.87. The molecule has 1 aliphatic heterocycles. The van der Waals surface area contributed by atoms with Crippen LogP contribution in [0.3, 0.4) is 0 Å². The van der Waals surface area contributed by atoms with Crippen molar-refractivity contribution >= 4 is 33.6 Å². The average Bonchev–Trinajstić information content (AvgIpc) is 2.66. The van der Waals surface area contributed by atoms with Crippen LogP contribution in [0.4, 0.5) is 10.5 Å². The molecule has 0 radical (unpaired) electrons. The summed E-state index contributed by atoms with van der Waals surface area (Å²) in [7, 11) is 0. The summed E-state index contributed by atoms with van der Waals surface area (Å²) in [5, 5.41) is 9.13. The van der Waals surface area contributed by atoms with Gasteiger partial charge in [0.15, 0.2) is 0 Å². The molecule has 0 atom stereocenters. The van der Waals surface area contributed by atoms with Crippen molar-refractivity contribution in [3.8, 4) is 0 Å². The van der Waals surface area contributed by atoms with E-state index in [0.29, 0.717) is 25.6 Å². The van der Waals surface area contributed by atoms with Crippen molar-refractivity contribution in [2.45, 2.75) is 44.9 Å². The molecule has 1 saturated carbocycles. The first kappa shape index (κ1) is 19.2. The van der Waals surface area contributed by atoms with Crippen LogP contribution in [0.2, 0.25) is 0 Å². The molecule has 1 heterocycles. The van der Waals surface area contributed by atoms with Crippen LogP contribution < -0.4 is 4.90 Å². The Balaban J connectivity index is 1.73. The van der Waals surface area contributed by atoms with Crippen LogP contribution in [0.1, 0.15) is 44.9 Å². The van der Waals surface area contributed by atoms with Crippen molar-refractivity contribution in [3.63, 3.8) is 0 Å². The highest BCUT2D eigenvalue weighted by Gasteiger charge is 2.30. The quantitative estimate of drug-likeness (QED) is 0.760. The van der Waals surface area contributed by atoms with Gasteiger partial charge in [-0.2, -0.15) is 0 Å². The summed E-state index contributed by atoms with van der Waals surface area (Å²) < 4.78 is 0.970.